The molecule has 1 fully saturated rings. The van der Waals surface area contributed by atoms with E-state index in [4.69, 9.17) is 4.74 Å². The summed E-state index contributed by atoms with van der Waals surface area (Å²) in [5.74, 6) is -0.248. The summed E-state index contributed by atoms with van der Waals surface area (Å²) in [6.07, 6.45) is 2.18. The molecule has 2 aromatic carbocycles. The Kier molecular flexibility index (Phi) is 3.09. The Labute approximate surface area is 119 Å². The van der Waals surface area contributed by atoms with Crippen LogP contribution < -0.4 is 0 Å². The number of aryl methyl sites for hydroxylation is 1. The Morgan fingerprint density at radius 3 is 2.40 bits per heavy atom. The Morgan fingerprint density at radius 1 is 1.10 bits per heavy atom. The highest BCUT2D eigenvalue weighted by Crippen LogP contribution is 2.54. The summed E-state index contributed by atoms with van der Waals surface area (Å²) in [5.41, 5.74) is 4.26. The minimum Gasteiger partial charge on any atom is -0.465 e. The van der Waals surface area contributed by atoms with Crippen molar-refractivity contribution in [1.82, 2.24) is 0 Å². The van der Waals surface area contributed by atoms with Gasteiger partial charge in [-0.25, -0.2) is 4.79 Å². The van der Waals surface area contributed by atoms with E-state index in [1.165, 1.54) is 18.2 Å². The number of carbonyl (C=O) groups excluding carboxylic acids is 1. The zero-order valence-electron chi connectivity index (χ0n) is 11.8. The van der Waals surface area contributed by atoms with Crippen molar-refractivity contribution in [3.8, 4) is 0 Å². The highest BCUT2D eigenvalue weighted by Gasteiger charge is 2.47. The molecule has 0 aliphatic heterocycles. The smallest absolute Gasteiger partial charge is 0.338 e. The standard InChI is InChI=1S/C18H18O2/c1-13-8-9-15(17(19)20-2)16(12-13)18(10-11-18)14-6-4-3-5-7-14/h3-9,12H,10-11H2,1-2H3. The van der Waals surface area contributed by atoms with Gasteiger partial charge in [0.05, 0.1) is 12.7 Å². The van der Waals surface area contributed by atoms with E-state index in [2.05, 4.69) is 37.3 Å². The van der Waals surface area contributed by atoms with Crippen LogP contribution in [-0.2, 0) is 10.2 Å². The lowest BCUT2D eigenvalue weighted by atomic mass is 9.84. The first kappa shape index (κ1) is 12.9. The Morgan fingerprint density at radius 2 is 1.80 bits per heavy atom. The highest BCUT2D eigenvalue weighted by molar-refractivity contribution is 5.92. The van der Waals surface area contributed by atoms with Gasteiger partial charge in [-0.1, -0.05) is 48.0 Å². The average Bonchev–Trinajstić information content (AvgIpc) is 3.29. The number of rotatable bonds is 3. The van der Waals surface area contributed by atoms with Crippen LogP contribution in [0.4, 0.5) is 0 Å². The highest BCUT2D eigenvalue weighted by atomic mass is 16.5. The quantitative estimate of drug-likeness (QED) is 0.788. The third-order valence-corrected chi connectivity index (χ3v) is 4.17. The van der Waals surface area contributed by atoms with Gasteiger partial charge in [0.1, 0.15) is 0 Å². The molecule has 3 rings (SSSR count). The number of carbonyl (C=O) groups is 1. The molecule has 0 amide bonds. The molecule has 0 heterocycles. The minimum atomic E-state index is -0.248. The molecule has 0 atom stereocenters. The van der Waals surface area contributed by atoms with Crippen LogP contribution in [0.2, 0.25) is 0 Å². The van der Waals surface area contributed by atoms with Crippen molar-refractivity contribution < 1.29 is 9.53 Å². The molecule has 0 N–H and O–H groups in total. The molecule has 1 saturated carbocycles. The van der Waals surface area contributed by atoms with Crippen molar-refractivity contribution in [3.05, 3.63) is 70.8 Å². The topological polar surface area (TPSA) is 26.3 Å². The molecule has 0 aromatic heterocycles. The first-order valence-electron chi connectivity index (χ1n) is 6.92. The molecule has 0 saturated heterocycles. The van der Waals surface area contributed by atoms with E-state index in [0.29, 0.717) is 5.56 Å². The maximum Gasteiger partial charge on any atom is 0.338 e. The number of ether oxygens (including phenoxy) is 1. The minimum absolute atomic E-state index is 0.00317. The lowest BCUT2D eigenvalue weighted by Crippen LogP contribution is -2.15. The normalized spacial score (nSPS) is 15.7. The Hall–Kier alpha value is -2.09. The van der Waals surface area contributed by atoms with Crippen molar-refractivity contribution in [2.45, 2.75) is 25.2 Å². The SMILES string of the molecule is COC(=O)c1ccc(C)cc1C1(c2ccccc2)CC1. The predicted octanol–water partition coefficient (Wildman–Crippen LogP) is 3.86. The summed E-state index contributed by atoms with van der Waals surface area (Å²) in [4.78, 5) is 12.0. The van der Waals surface area contributed by atoms with E-state index in [1.807, 2.05) is 18.2 Å². The number of benzene rings is 2. The largest absolute Gasteiger partial charge is 0.465 e. The molecule has 1 aliphatic rings. The summed E-state index contributed by atoms with van der Waals surface area (Å²) in [5, 5.41) is 0. The van der Waals surface area contributed by atoms with Gasteiger partial charge in [0.2, 0.25) is 0 Å². The van der Waals surface area contributed by atoms with Crippen LogP contribution in [0.25, 0.3) is 0 Å². The van der Waals surface area contributed by atoms with Crippen LogP contribution in [-0.4, -0.2) is 13.1 Å². The third kappa shape index (κ3) is 2.01. The molecular weight excluding hydrogens is 248 g/mol. The number of esters is 1. The first-order chi connectivity index (χ1) is 9.67. The summed E-state index contributed by atoms with van der Waals surface area (Å²) < 4.78 is 4.94. The molecule has 2 aromatic rings. The summed E-state index contributed by atoms with van der Waals surface area (Å²) in [7, 11) is 1.44. The molecule has 0 spiro atoms. The summed E-state index contributed by atoms with van der Waals surface area (Å²) in [6.45, 7) is 2.06. The molecular formula is C18H18O2. The van der Waals surface area contributed by atoms with Gasteiger partial charge in [0, 0.05) is 5.41 Å². The fraction of sp³-hybridized carbons (Fsp3) is 0.278. The van der Waals surface area contributed by atoms with Crippen LogP contribution in [0.15, 0.2) is 48.5 Å². The van der Waals surface area contributed by atoms with E-state index in [0.717, 1.165) is 18.4 Å². The molecule has 0 unspecified atom stereocenters. The van der Waals surface area contributed by atoms with Crippen LogP contribution in [0.1, 0.15) is 39.9 Å². The maximum absolute atomic E-state index is 12.0. The lowest BCUT2D eigenvalue weighted by molar-refractivity contribution is 0.0599. The van der Waals surface area contributed by atoms with E-state index < -0.39 is 0 Å². The van der Waals surface area contributed by atoms with Gasteiger partial charge < -0.3 is 4.74 Å². The van der Waals surface area contributed by atoms with Crippen LogP contribution in [0.3, 0.4) is 0 Å². The van der Waals surface area contributed by atoms with Crippen molar-refractivity contribution in [3.63, 3.8) is 0 Å². The van der Waals surface area contributed by atoms with Gasteiger partial charge in [0.15, 0.2) is 0 Å². The third-order valence-electron chi connectivity index (χ3n) is 4.17. The van der Waals surface area contributed by atoms with Gasteiger partial charge in [0.25, 0.3) is 0 Å². The molecule has 0 radical (unpaired) electrons. The Balaban J connectivity index is 2.15. The molecule has 2 heteroatoms. The fourth-order valence-corrected chi connectivity index (χ4v) is 2.94. The van der Waals surface area contributed by atoms with Crippen molar-refractivity contribution >= 4 is 5.97 Å². The number of hydrogen-bond acceptors (Lipinski definition) is 2. The number of methoxy groups -OCH3 is 1. The fourth-order valence-electron chi connectivity index (χ4n) is 2.94. The first-order valence-corrected chi connectivity index (χ1v) is 6.92. The zero-order chi connectivity index (χ0) is 14.2. The number of hydrogen-bond donors (Lipinski definition) is 0. The molecule has 102 valence electrons. The second-order valence-electron chi connectivity index (χ2n) is 5.49. The average molecular weight is 266 g/mol. The summed E-state index contributed by atoms with van der Waals surface area (Å²) >= 11 is 0. The second kappa shape index (κ2) is 4.78. The van der Waals surface area contributed by atoms with Gasteiger partial charge in [-0.3, -0.25) is 0 Å². The van der Waals surface area contributed by atoms with Crippen molar-refractivity contribution in [1.29, 1.82) is 0 Å². The van der Waals surface area contributed by atoms with E-state index in [9.17, 15) is 4.79 Å². The van der Waals surface area contributed by atoms with Gasteiger partial charge in [-0.05, 0) is 37.0 Å². The van der Waals surface area contributed by atoms with E-state index in [-0.39, 0.29) is 11.4 Å². The monoisotopic (exact) mass is 266 g/mol. The molecule has 2 nitrogen and oxygen atoms in total. The van der Waals surface area contributed by atoms with Crippen molar-refractivity contribution in [2.75, 3.05) is 7.11 Å². The Bertz CT molecular complexity index is 640. The molecule has 1 aliphatic carbocycles. The van der Waals surface area contributed by atoms with Crippen LogP contribution in [0.5, 0.6) is 0 Å². The maximum atomic E-state index is 12.0. The molecule has 20 heavy (non-hydrogen) atoms. The van der Waals surface area contributed by atoms with Gasteiger partial charge in [-0.2, -0.15) is 0 Å². The van der Waals surface area contributed by atoms with Crippen LogP contribution >= 0.6 is 0 Å². The predicted molar refractivity (Wildman–Crippen MR) is 79.0 cm³/mol. The van der Waals surface area contributed by atoms with Gasteiger partial charge >= 0.3 is 5.97 Å². The van der Waals surface area contributed by atoms with E-state index in [1.54, 1.807) is 0 Å². The summed E-state index contributed by atoms with van der Waals surface area (Å²) in [6, 6.07) is 16.4. The van der Waals surface area contributed by atoms with E-state index >= 15 is 0 Å². The molecule has 0 bridgehead atoms. The van der Waals surface area contributed by atoms with Gasteiger partial charge in [-0.15, -0.1) is 0 Å². The zero-order valence-corrected chi connectivity index (χ0v) is 11.8. The lowest BCUT2D eigenvalue weighted by Gasteiger charge is -2.20. The van der Waals surface area contributed by atoms with Crippen molar-refractivity contribution in [2.24, 2.45) is 0 Å². The van der Waals surface area contributed by atoms with Crippen LogP contribution in [0, 0.1) is 6.92 Å². The second-order valence-corrected chi connectivity index (χ2v) is 5.49.